The first-order chi connectivity index (χ1) is 23.9. The molecule has 0 radical (unpaired) electrons. The van der Waals surface area contributed by atoms with E-state index in [0.29, 0.717) is 0 Å². The third kappa shape index (κ3) is 5.90. The van der Waals surface area contributed by atoms with Gasteiger partial charge in [0.05, 0.1) is 39.6 Å². The Morgan fingerprint density at radius 2 is 0.898 bits per heavy atom. The minimum atomic E-state index is -1.26. The van der Waals surface area contributed by atoms with Gasteiger partial charge < -0.3 is 33.2 Å². The number of hydrogen-bond acceptors (Lipinski definition) is 9. The Labute approximate surface area is 285 Å². The molecule has 4 saturated heterocycles. The van der Waals surface area contributed by atoms with E-state index < -0.39 is 46.6 Å². The topological polar surface area (TPSA) is 98.8 Å². The van der Waals surface area contributed by atoms with Crippen LogP contribution >= 0.6 is 0 Å². The van der Waals surface area contributed by atoms with Crippen molar-refractivity contribution in [2.24, 2.45) is 10.8 Å². The molecule has 4 aromatic carbocycles. The summed E-state index contributed by atoms with van der Waals surface area (Å²) in [6.45, 7) is 0.492. The largest absolute Gasteiger partial charge is 0.392 e. The summed E-state index contributed by atoms with van der Waals surface area (Å²) in [7, 11) is 0. The van der Waals surface area contributed by atoms with E-state index in [9.17, 15) is 9.59 Å². The maximum Gasteiger partial charge on any atom is 0.324 e. The molecule has 4 aromatic rings. The Morgan fingerprint density at radius 3 is 1.29 bits per heavy atom. The van der Waals surface area contributed by atoms with Crippen molar-refractivity contribution in [1.82, 2.24) is 0 Å². The molecule has 0 N–H and O–H groups in total. The fourth-order valence-corrected chi connectivity index (χ4v) is 7.46. The standard InChI is InChI=1S/C40H38O9/c41-35(37-23-39(47-27-37,45-21-29-13-5-1-6-14-29)33(43-25-37)31-17-9-3-10-18-31)49-36(42)38-24-40(48-28-38,46-22-30-15-7-2-8-16-30)34(44-26-38)32-19-11-4-12-20-32/h1-20,33-34H,21-28H2. The van der Waals surface area contributed by atoms with E-state index >= 15 is 0 Å². The van der Waals surface area contributed by atoms with Crippen molar-refractivity contribution >= 4 is 11.9 Å². The molecule has 8 rings (SSSR count). The lowest BCUT2D eigenvalue weighted by Crippen LogP contribution is -2.52. The summed E-state index contributed by atoms with van der Waals surface area (Å²) in [6.07, 6.45) is -0.831. The van der Waals surface area contributed by atoms with Crippen molar-refractivity contribution in [2.45, 2.75) is 49.8 Å². The highest BCUT2D eigenvalue weighted by atomic mass is 16.7. The second-order valence-corrected chi connectivity index (χ2v) is 13.5. The van der Waals surface area contributed by atoms with Crippen LogP contribution in [0.25, 0.3) is 0 Å². The molecule has 4 fully saturated rings. The monoisotopic (exact) mass is 662 g/mol. The molecule has 0 aliphatic carbocycles. The Kier molecular flexibility index (Phi) is 8.43. The van der Waals surface area contributed by atoms with Gasteiger partial charge >= 0.3 is 11.9 Å². The first-order valence-corrected chi connectivity index (χ1v) is 16.7. The minimum absolute atomic E-state index is 0.00925. The zero-order valence-corrected chi connectivity index (χ0v) is 27.0. The number of carbonyl (C=O) groups is 2. The first kappa shape index (κ1) is 32.0. The number of carbonyl (C=O) groups excluding carboxylic acids is 2. The van der Waals surface area contributed by atoms with E-state index in [1.165, 1.54) is 0 Å². The second-order valence-electron chi connectivity index (χ2n) is 13.5. The van der Waals surface area contributed by atoms with Gasteiger partial charge in [-0.25, -0.2) is 0 Å². The van der Waals surface area contributed by atoms with Crippen LogP contribution in [0.3, 0.4) is 0 Å². The van der Waals surface area contributed by atoms with Crippen LogP contribution in [0.4, 0.5) is 0 Å². The maximum absolute atomic E-state index is 14.1. The predicted octanol–water partition coefficient (Wildman–Crippen LogP) is 6.24. The van der Waals surface area contributed by atoms with Crippen LogP contribution in [0, 0.1) is 10.8 Å². The molecule has 0 aromatic heterocycles. The van der Waals surface area contributed by atoms with Crippen molar-refractivity contribution in [3.05, 3.63) is 144 Å². The van der Waals surface area contributed by atoms with Gasteiger partial charge in [-0.1, -0.05) is 121 Å². The average molecular weight is 663 g/mol. The molecule has 49 heavy (non-hydrogen) atoms. The number of benzene rings is 4. The van der Waals surface area contributed by atoms with Crippen LogP contribution in [0.15, 0.2) is 121 Å². The van der Waals surface area contributed by atoms with E-state index in [4.69, 9.17) is 33.2 Å². The van der Waals surface area contributed by atoms with Crippen molar-refractivity contribution < 1.29 is 42.7 Å². The van der Waals surface area contributed by atoms with Gasteiger partial charge in [0.25, 0.3) is 0 Å². The van der Waals surface area contributed by atoms with Gasteiger partial charge in [-0.3, -0.25) is 9.59 Å². The molecule has 0 saturated carbocycles. The van der Waals surface area contributed by atoms with Gasteiger partial charge in [0, 0.05) is 12.8 Å². The average Bonchev–Trinajstić information content (AvgIpc) is 3.64. The number of rotatable bonds is 10. The van der Waals surface area contributed by atoms with Crippen LogP contribution in [0.1, 0.15) is 47.3 Å². The molecule has 9 nitrogen and oxygen atoms in total. The normalized spacial score (nSPS) is 31.7. The maximum atomic E-state index is 14.1. The Morgan fingerprint density at radius 1 is 0.531 bits per heavy atom. The highest BCUT2D eigenvalue weighted by Crippen LogP contribution is 2.56. The van der Waals surface area contributed by atoms with Crippen molar-refractivity contribution in [2.75, 3.05) is 26.4 Å². The fraction of sp³-hybridized carbons (Fsp3) is 0.350. The Bertz CT molecular complexity index is 1640. The van der Waals surface area contributed by atoms with Gasteiger partial charge in [-0.15, -0.1) is 0 Å². The lowest BCUT2D eigenvalue weighted by Gasteiger charge is -2.42. The summed E-state index contributed by atoms with van der Waals surface area (Å²) >= 11 is 0. The van der Waals surface area contributed by atoms with Gasteiger partial charge in [-0.05, 0) is 22.3 Å². The zero-order chi connectivity index (χ0) is 33.4. The van der Waals surface area contributed by atoms with Crippen LogP contribution in [0.5, 0.6) is 0 Å². The third-order valence-electron chi connectivity index (χ3n) is 10.1. The summed E-state index contributed by atoms with van der Waals surface area (Å²) in [6, 6.07) is 38.9. The molecule has 6 unspecified atom stereocenters. The van der Waals surface area contributed by atoms with Crippen LogP contribution < -0.4 is 0 Å². The number of esters is 2. The van der Waals surface area contributed by atoms with Gasteiger partial charge in [0.1, 0.15) is 23.0 Å². The SMILES string of the molecule is O=C(OC(=O)C12COC(c3ccccc3)C(OCc3ccccc3)(C1)OC2)C12COC(c3ccccc3)C(OCc3ccccc3)(C1)OC2. The molecule has 252 valence electrons. The quantitative estimate of drug-likeness (QED) is 0.144. The summed E-state index contributed by atoms with van der Waals surface area (Å²) < 4.78 is 44.3. The molecule has 4 aliphatic heterocycles. The highest BCUT2D eigenvalue weighted by Gasteiger charge is 2.67. The molecular weight excluding hydrogens is 624 g/mol. The van der Waals surface area contributed by atoms with E-state index in [1.807, 2.05) is 121 Å². The highest BCUT2D eigenvalue weighted by molar-refractivity contribution is 5.92. The molecule has 6 atom stereocenters. The van der Waals surface area contributed by atoms with Gasteiger partial charge in [-0.2, -0.15) is 0 Å². The molecule has 0 amide bonds. The van der Waals surface area contributed by atoms with E-state index in [-0.39, 0.29) is 52.5 Å². The second kappa shape index (κ2) is 12.9. The van der Waals surface area contributed by atoms with Crippen LogP contribution in [0.2, 0.25) is 0 Å². The summed E-state index contributed by atoms with van der Waals surface area (Å²) in [5, 5.41) is 0. The molecule has 4 aliphatic rings. The third-order valence-corrected chi connectivity index (χ3v) is 10.1. The van der Waals surface area contributed by atoms with Crippen molar-refractivity contribution in [3.8, 4) is 0 Å². The summed E-state index contributed by atoms with van der Waals surface area (Å²) in [5.74, 6) is -3.94. The number of fused-ring (bicyclic) bond motifs is 4. The zero-order valence-electron chi connectivity index (χ0n) is 27.0. The molecule has 4 bridgehead atoms. The molecule has 0 spiro atoms. The van der Waals surface area contributed by atoms with Crippen LogP contribution in [-0.4, -0.2) is 49.9 Å². The van der Waals surface area contributed by atoms with Crippen molar-refractivity contribution in [1.29, 1.82) is 0 Å². The van der Waals surface area contributed by atoms with E-state index in [0.717, 1.165) is 22.3 Å². The molecule has 9 heteroatoms. The smallest absolute Gasteiger partial charge is 0.324 e. The van der Waals surface area contributed by atoms with Crippen molar-refractivity contribution in [3.63, 3.8) is 0 Å². The van der Waals surface area contributed by atoms with Crippen LogP contribution in [-0.2, 0) is 56.0 Å². The number of ether oxygens (including phenoxy) is 7. The summed E-state index contributed by atoms with van der Waals surface area (Å²) in [4.78, 5) is 28.1. The predicted molar refractivity (Wildman–Crippen MR) is 175 cm³/mol. The Hall–Kier alpha value is -4.22. The lowest BCUT2D eigenvalue weighted by molar-refractivity contribution is -0.288. The van der Waals surface area contributed by atoms with E-state index in [1.54, 1.807) is 0 Å². The summed E-state index contributed by atoms with van der Waals surface area (Å²) in [5.41, 5.74) is 1.18. The van der Waals surface area contributed by atoms with E-state index in [2.05, 4.69) is 0 Å². The molecular formula is C40H38O9. The lowest BCUT2D eigenvalue weighted by atomic mass is 9.78. The first-order valence-electron chi connectivity index (χ1n) is 16.7. The van der Waals surface area contributed by atoms with Gasteiger partial charge in [0.2, 0.25) is 11.6 Å². The fourth-order valence-electron chi connectivity index (χ4n) is 7.46. The number of hydrogen-bond donors (Lipinski definition) is 0. The molecule has 4 heterocycles. The Balaban J connectivity index is 1.02. The minimum Gasteiger partial charge on any atom is -0.392 e. The van der Waals surface area contributed by atoms with Gasteiger partial charge in [0.15, 0.2) is 0 Å².